The second-order valence-corrected chi connectivity index (χ2v) is 7.29. The van der Waals surface area contributed by atoms with Gasteiger partial charge in [-0.2, -0.15) is 0 Å². The highest BCUT2D eigenvalue weighted by Crippen LogP contribution is 2.28. The first kappa shape index (κ1) is 21.4. The molecule has 7 heteroatoms. The first-order valence-electron chi connectivity index (χ1n) is 10.3. The molecule has 0 aliphatic carbocycles. The zero-order valence-electron chi connectivity index (χ0n) is 18.4. The van der Waals surface area contributed by atoms with Crippen LogP contribution >= 0.6 is 0 Å². The molecule has 0 spiro atoms. The number of hydrogen-bond acceptors (Lipinski definition) is 5. The molecule has 1 N–H and O–H groups in total. The maximum absolute atomic E-state index is 13.0. The maximum Gasteiger partial charge on any atom is 0.268 e. The van der Waals surface area contributed by atoms with Gasteiger partial charge in [-0.3, -0.25) is 4.79 Å². The van der Waals surface area contributed by atoms with Gasteiger partial charge in [0.05, 0.1) is 39.7 Å². The molecule has 0 saturated carbocycles. The molecule has 1 amide bonds. The van der Waals surface area contributed by atoms with Gasteiger partial charge in [0.1, 0.15) is 11.4 Å². The van der Waals surface area contributed by atoms with Crippen molar-refractivity contribution >= 4 is 17.0 Å². The molecule has 2 aromatic heterocycles. The number of furan rings is 1. The lowest BCUT2D eigenvalue weighted by Gasteiger charge is -2.13. The van der Waals surface area contributed by atoms with Gasteiger partial charge in [-0.1, -0.05) is 24.3 Å². The Morgan fingerprint density at radius 3 is 2.50 bits per heavy atom. The molecule has 0 atom stereocenters. The van der Waals surface area contributed by atoms with E-state index in [-0.39, 0.29) is 5.91 Å². The number of aromatic nitrogens is 1. The Hall–Kier alpha value is -3.87. The molecule has 0 aliphatic rings. The summed E-state index contributed by atoms with van der Waals surface area (Å²) < 4.78 is 23.6. The van der Waals surface area contributed by atoms with Crippen molar-refractivity contribution in [3.05, 3.63) is 77.7 Å². The lowest BCUT2D eigenvalue weighted by molar-refractivity contribution is 0.0945. The standard InChI is InChI=1S/C25H26N2O5/c1-29-21-7-5-4-6-18(21)16-27-19-11-13-32-23(19)15-20(27)25(28)26-12-10-17-8-9-22(30-2)24(14-17)31-3/h4-9,11,13-15H,10,12,16H2,1-3H3,(H,26,28). The number of ether oxygens (including phenoxy) is 3. The minimum atomic E-state index is -0.160. The van der Waals surface area contributed by atoms with Crippen molar-refractivity contribution in [3.63, 3.8) is 0 Å². The Labute approximate surface area is 186 Å². The van der Waals surface area contributed by atoms with Crippen molar-refractivity contribution < 1.29 is 23.4 Å². The molecule has 0 aliphatic heterocycles. The van der Waals surface area contributed by atoms with E-state index >= 15 is 0 Å². The molecular formula is C25H26N2O5. The average molecular weight is 434 g/mol. The number of carbonyl (C=O) groups is 1. The van der Waals surface area contributed by atoms with Gasteiger partial charge in [0.2, 0.25) is 0 Å². The summed E-state index contributed by atoms with van der Waals surface area (Å²) in [7, 11) is 4.85. The van der Waals surface area contributed by atoms with Gasteiger partial charge in [0.15, 0.2) is 17.1 Å². The fourth-order valence-electron chi connectivity index (χ4n) is 3.79. The molecule has 0 saturated heterocycles. The van der Waals surface area contributed by atoms with E-state index in [4.69, 9.17) is 18.6 Å². The lowest BCUT2D eigenvalue weighted by Crippen LogP contribution is -2.28. The number of para-hydroxylation sites is 1. The van der Waals surface area contributed by atoms with E-state index in [1.165, 1.54) is 0 Å². The van der Waals surface area contributed by atoms with Gasteiger partial charge in [0.25, 0.3) is 5.91 Å². The van der Waals surface area contributed by atoms with Crippen molar-refractivity contribution in [2.45, 2.75) is 13.0 Å². The van der Waals surface area contributed by atoms with Crippen LogP contribution in [0.15, 0.2) is 65.3 Å². The van der Waals surface area contributed by atoms with Crippen LogP contribution in [0.25, 0.3) is 11.1 Å². The number of nitrogens with zero attached hydrogens (tertiary/aromatic N) is 1. The fourth-order valence-corrected chi connectivity index (χ4v) is 3.79. The minimum Gasteiger partial charge on any atom is -0.496 e. The lowest BCUT2D eigenvalue weighted by atomic mass is 10.1. The Morgan fingerprint density at radius 2 is 1.72 bits per heavy atom. The number of methoxy groups -OCH3 is 3. The third kappa shape index (κ3) is 4.27. The second-order valence-electron chi connectivity index (χ2n) is 7.29. The van der Waals surface area contributed by atoms with Crippen molar-refractivity contribution in [1.29, 1.82) is 0 Å². The van der Waals surface area contributed by atoms with Gasteiger partial charge >= 0.3 is 0 Å². The van der Waals surface area contributed by atoms with Crippen LogP contribution in [0, 0.1) is 0 Å². The minimum absolute atomic E-state index is 0.160. The van der Waals surface area contributed by atoms with Crippen LogP contribution < -0.4 is 19.5 Å². The summed E-state index contributed by atoms with van der Waals surface area (Å²) in [5, 5.41) is 3.01. The molecule has 7 nitrogen and oxygen atoms in total. The number of fused-ring (bicyclic) bond motifs is 1. The molecule has 4 rings (SSSR count). The highest BCUT2D eigenvalue weighted by atomic mass is 16.5. The van der Waals surface area contributed by atoms with Crippen molar-refractivity contribution in [1.82, 2.24) is 9.88 Å². The van der Waals surface area contributed by atoms with Crippen molar-refractivity contribution in [3.8, 4) is 17.2 Å². The Balaban J connectivity index is 1.50. The van der Waals surface area contributed by atoms with Crippen LogP contribution in [0.5, 0.6) is 17.2 Å². The summed E-state index contributed by atoms with van der Waals surface area (Å²) in [6, 6.07) is 17.2. The predicted molar refractivity (Wildman–Crippen MR) is 122 cm³/mol. The van der Waals surface area contributed by atoms with Gasteiger partial charge in [0, 0.05) is 24.2 Å². The molecule has 32 heavy (non-hydrogen) atoms. The maximum atomic E-state index is 13.0. The average Bonchev–Trinajstić information content (AvgIpc) is 3.42. The zero-order chi connectivity index (χ0) is 22.5. The van der Waals surface area contributed by atoms with Crippen molar-refractivity contribution in [2.75, 3.05) is 27.9 Å². The Morgan fingerprint density at radius 1 is 0.938 bits per heavy atom. The zero-order valence-corrected chi connectivity index (χ0v) is 18.4. The van der Waals surface area contributed by atoms with Crippen LogP contribution in [-0.4, -0.2) is 38.3 Å². The van der Waals surface area contributed by atoms with E-state index in [1.54, 1.807) is 33.7 Å². The molecule has 0 unspecified atom stereocenters. The summed E-state index contributed by atoms with van der Waals surface area (Å²) in [6.45, 7) is 0.973. The summed E-state index contributed by atoms with van der Waals surface area (Å²) in [5.41, 5.74) is 4.10. The smallest absolute Gasteiger partial charge is 0.268 e. The number of carbonyl (C=O) groups excluding carboxylic acids is 1. The monoisotopic (exact) mass is 434 g/mol. The molecule has 0 radical (unpaired) electrons. The van der Waals surface area contributed by atoms with E-state index in [9.17, 15) is 4.79 Å². The highest BCUT2D eigenvalue weighted by molar-refractivity contribution is 5.97. The number of benzene rings is 2. The van der Waals surface area contributed by atoms with Crippen LogP contribution in [-0.2, 0) is 13.0 Å². The molecule has 0 bridgehead atoms. The third-order valence-corrected chi connectivity index (χ3v) is 5.42. The van der Waals surface area contributed by atoms with E-state index in [2.05, 4.69) is 5.32 Å². The first-order chi connectivity index (χ1) is 15.6. The van der Waals surface area contributed by atoms with Gasteiger partial charge in [-0.25, -0.2) is 0 Å². The van der Waals surface area contributed by atoms with E-state index < -0.39 is 0 Å². The summed E-state index contributed by atoms with van der Waals surface area (Å²) >= 11 is 0. The summed E-state index contributed by atoms with van der Waals surface area (Å²) in [5.74, 6) is 1.96. The molecule has 2 aromatic carbocycles. The van der Waals surface area contributed by atoms with E-state index in [0.717, 1.165) is 22.4 Å². The van der Waals surface area contributed by atoms with E-state index in [0.29, 0.717) is 42.3 Å². The number of rotatable bonds is 9. The third-order valence-electron chi connectivity index (χ3n) is 5.42. The summed E-state index contributed by atoms with van der Waals surface area (Å²) in [4.78, 5) is 13.0. The largest absolute Gasteiger partial charge is 0.496 e. The van der Waals surface area contributed by atoms with Crippen LogP contribution in [0.4, 0.5) is 0 Å². The molecule has 166 valence electrons. The van der Waals surface area contributed by atoms with Crippen LogP contribution in [0.1, 0.15) is 21.6 Å². The van der Waals surface area contributed by atoms with Gasteiger partial charge in [-0.15, -0.1) is 0 Å². The molecular weight excluding hydrogens is 408 g/mol. The molecule has 0 fully saturated rings. The Bertz CT molecular complexity index is 1220. The predicted octanol–water partition coefficient (Wildman–Crippen LogP) is 4.28. The normalized spacial score (nSPS) is 10.8. The second kappa shape index (κ2) is 9.51. The quantitative estimate of drug-likeness (QED) is 0.426. The topological polar surface area (TPSA) is 74.9 Å². The van der Waals surface area contributed by atoms with Crippen LogP contribution in [0.2, 0.25) is 0 Å². The number of amides is 1. The van der Waals surface area contributed by atoms with E-state index in [1.807, 2.05) is 53.1 Å². The Kier molecular flexibility index (Phi) is 6.35. The number of nitrogens with one attached hydrogen (secondary N) is 1. The van der Waals surface area contributed by atoms with Gasteiger partial charge < -0.3 is 28.5 Å². The first-order valence-corrected chi connectivity index (χ1v) is 10.3. The summed E-state index contributed by atoms with van der Waals surface area (Å²) in [6.07, 6.45) is 2.29. The van der Waals surface area contributed by atoms with Crippen molar-refractivity contribution in [2.24, 2.45) is 0 Å². The number of hydrogen-bond donors (Lipinski definition) is 1. The fraction of sp³-hybridized carbons (Fsp3) is 0.240. The molecule has 4 aromatic rings. The van der Waals surface area contributed by atoms with Gasteiger partial charge in [-0.05, 0) is 30.2 Å². The SMILES string of the molecule is COc1ccccc1Cn1c(C(=O)NCCc2ccc(OC)c(OC)c2)cc2occc21. The molecule has 2 heterocycles. The highest BCUT2D eigenvalue weighted by Gasteiger charge is 2.18. The van der Waals surface area contributed by atoms with Crippen LogP contribution in [0.3, 0.4) is 0 Å².